The average molecular weight is 317 g/mol. The summed E-state index contributed by atoms with van der Waals surface area (Å²) < 4.78 is 16.4. The number of carbonyl (C=O) groups is 1. The maximum Gasteiger partial charge on any atom is 0.249 e. The number of hydrogen-bond donors (Lipinski definition) is 1. The van der Waals surface area contributed by atoms with E-state index in [1.165, 1.54) is 0 Å². The van der Waals surface area contributed by atoms with Crippen molar-refractivity contribution in [1.82, 2.24) is 5.32 Å². The number of carbonyl (C=O) groups excluding carboxylic acids is 1. The molecular formula is C18H23NO4. The monoisotopic (exact) mass is 317 g/mol. The molecule has 1 amide bonds. The first-order valence-corrected chi connectivity index (χ1v) is 7.78. The van der Waals surface area contributed by atoms with Crippen LogP contribution in [0.15, 0.2) is 18.2 Å². The zero-order valence-electron chi connectivity index (χ0n) is 13.8. The Morgan fingerprint density at radius 1 is 1.30 bits per heavy atom. The van der Waals surface area contributed by atoms with E-state index in [9.17, 15) is 4.79 Å². The summed E-state index contributed by atoms with van der Waals surface area (Å²) in [7, 11) is 0. The number of terminal acetylenes is 1. The van der Waals surface area contributed by atoms with Crippen molar-refractivity contribution in [1.29, 1.82) is 0 Å². The van der Waals surface area contributed by atoms with Gasteiger partial charge < -0.3 is 19.5 Å². The highest BCUT2D eigenvalue weighted by atomic mass is 16.6. The number of nitrogens with one attached hydrogen (secondary N) is 1. The summed E-state index contributed by atoms with van der Waals surface area (Å²) in [4.78, 5) is 12.3. The normalized spacial score (nSPS) is 15.6. The van der Waals surface area contributed by atoms with Crippen molar-refractivity contribution in [3.63, 3.8) is 0 Å². The van der Waals surface area contributed by atoms with Crippen molar-refractivity contribution >= 4 is 5.91 Å². The van der Waals surface area contributed by atoms with Crippen molar-refractivity contribution in [2.45, 2.75) is 32.9 Å². The van der Waals surface area contributed by atoms with Gasteiger partial charge in [0.1, 0.15) is 25.9 Å². The van der Waals surface area contributed by atoms with Crippen LogP contribution < -0.4 is 14.8 Å². The highest BCUT2D eigenvalue weighted by Gasteiger charge is 2.23. The third-order valence-corrected chi connectivity index (χ3v) is 3.68. The number of fused-ring (bicyclic) bond motifs is 1. The first kappa shape index (κ1) is 17.2. The van der Waals surface area contributed by atoms with Crippen LogP contribution in [0.4, 0.5) is 0 Å². The van der Waals surface area contributed by atoms with Crippen molar-refractivity contribution in [2.75, 3.05) is 19.8 Å². The van der Waals surface area contributed by atoms with Crippen molar-refractivity contribution in [3.05, 3.63) is 23.8 Å². The Bertz CT molecular complexity index is 591. The second-order valence-corrected chi connectivity index (χ2v) is 5.79. The molecule has 1 aromatic rings. The molecule has 23 heavy (non-hydrogen) atoms. The van der Waals surface area contributed by atoms with Gasteiger partial charge in [0.05, 0.1) is 6.04 Å². The molecule has 1 heterocycles. The molecule has 0 aromatic heterocycles. The molecule has 5 heteroatoms. The third-order valence-electron chi connectivity index (χ3n) is 3.68. The summed E-state index contributed by atoms with van der Waals surface area (Å²) in [6, 6.07) is 5.61. The lowest BCUT2D eigenvalue weighted by Gasteiger charge is -2.26. The average Bonchev–Trinajstić information content (AvgIpc) is 2.56. The molecule has 1 aromatic carbocycles. The minimum Gasteiger partial charge on any atom is -0.486 e. The van der Waals surface area contributed by atoms with E-state index in [1.807, 2.05) is 18.2 Å². The second kappa shape index (κ2) is 7.89. The SMILES string of the molecule is C#CCOC(C)C(=O)NC(c1ccc2c(c1)OCCO2)C(C)C. The first-order chi connectivity index (χ1) is 11.0. The molecule has 0 fully saturated rings. The molecule has 0 saturated heterocycles. The van der Waals surface area contributed by atoms with Crippen LogP contribution in [0.3, 0.4) is 0 Å². The van der Waals surface area contributed by atoms with Gasteiger partial charge in [-0.3, -0.25) is 4.79 Å². The highest BCUT2D eigenvalue weighted by Crippen LogP contribution is 2.34. The van der Waals surface area contributed by atoms with Gasteiger partial charge in [0.15, 0.2) is 11.5 Å². The Balaban J connectivity index is 2.12. The van der Waals surface area contributed by atoms with Crippen LogP contribution in [0.2, 0.25) is 0 Å². The van der Waals surface area contributed by atoms with Gasteiger partial charge >= 0.3 is 0 Å². The molecule has 1 aliphatic rings. The Kier molecular flexibility index (Phi) is 5.89. The molecule has 0 aliphatic carbocycles. The van der Waals surface area contributed by atoms with Crippen LogP contribution in [0.5, 0.6) is 11.5 Å². The molecule has 2 rings (SSSR count). The maximum atomic E-state index is 12.3. The van der Waals surface area contributed by atoms with Gasteiger partial charge in [-0.15, -0.1) is 6.42 Å². The first-order valence-electron chi connectivity index (χ1n) is 7.78. The highest BCUT2D eigenvalue weighted by molar-refractivity contribution is 5.80. The fourth-order valence-electron chi connectivity index (χ4n) is 2.41. The van der Waals surface area contributed by atoms with Crippen molar-refractivity contribution in [2.24, 2.45) is 5.92 Å². The topological polar surface area (TPSA) is 56.8 Å². The lowest BCUT2D eigenvalue weighted by atomic mass is 9.95. The van der Waals surface area contributed by atoms with Crippen LogP contribution in [-0.2, 0) is 9.53 Å². The molecule has 0 saturated carbocycles. The zero-order chi connectivity index (χ0) is 16.8. The lowest BCUT2D eigenvalue weighted by molar-refractivity contribution is -0.132. The van der Waals surface area contributed by atoms with E-state index >= 15 is 0 Å². The molecule has 124 valence electrons. The van der Waals surface area contributed by atoms with E-state index in [0.717, 1.165) is 11.3 Å². The van der Waals surface area contributed by atoms with Crippen LogP contribution >= 0.6 is 0 Å². The second-order valence-electron chi connectivity index (χ2n) is 5.79. The quantitative estimate of drug-likeness (QED) is 0.818. The number of benzene rings is 1. The Morgan fingerprint density at radius 2 is 2.00 bits per heavy atom. The van der Waals surface area contributed by atoms with Gasteiger partial charge in [-0.2, -0.15) is 0 Å². The van der Waals surface area contributed by atoms with Crippen molar-refractivity contribution in [3.8, 4) is 23.8 Å². The van der Waals surface area contributed by atoms with Gasteiger partial charge in [0.25, 0.3) is 0 Å². The van der Waals surface area contributed by atoms with Gasteiger partial charge in [-0.1, -0.05) is 25.8 Å². The van der Waals surface area contributed by atoms with E-state index in [0.29, 0.717) is 19.0 Å². The fourth-order valence-corrected chi connectivity index (χ4v) is 2.41. The number of hydrogen-bond acceptors (Lipinski definition) is 4. The van der Waals surface area contributed by atoms with E-state index < -0.39 is 6.10 Å². The minimum atomic E-state index is -0.593. The van der Waals surface area contributed by atoms with Crippen LogP contribution in [0.1, 0.15) is 32.4 Å². The van der Waals surface area contributed by atoms with Crippen LogP contribution in [0.25, 0.3) is 0 Å². The van der Waals surface area contributed by atoms with E-state index in [1.54, 1.807) is 6.92 Å². The summed E-state index contributed by atoms with van der Waals surface area (Å²) in [5.74, 6) is 3.83. The van der Waals surface area contributed by atoms with Gasteiger partial charge in [-0.25, -0.2) is 0 Å². The van der Waals surface area contributed by atoms with Crippen LogP contribution in [-0.4, -0.2) is 31.8 Å². The minimum absolute atomic E-state index is 0.116. The maximum absolute atomic E-state index is 12.3. The molecular weight excluding hydrogens is 294 g/mol. The third kappa shape index (κ3) is 4.40. The molecule has 0 spiro atoms. The Labute approximate surface area is 137 Å². The lowest BCUT2D eigenvalue weighted by Crippen LogP contribution is -2.39. The van der Waals surface area contributed by atoms with E-state index in [-0.39, 0.29) is 24.5 Å². The number of ether oxygens (including phenoxy) is 3. The number of rotatable bonds is 6. The van der Waals surface area contributed by atoms with Crippen LogP contribution in [0, 0.1) is 18.3 Å². The number of amides is 1. The molecule has 1 aliphatic heterocycles. The van der Waals surface area contributed by atoms with Gasteiger partial charge in [-0.05, 0) is 30.5 Å². The molecule has 2 atom stereocenters. The Hall–Kier alpha value is -2.19. The summed E-state index contributed by atoms with van der Waals surface area (Å²) in [5.41, 5.74) is 0.974. The Morgan fingerprint density at radius 3 is 2.65 bits per heavy atom. The molecule has 1 N–H and O–H groups in total. The standard InChI is InChI=1S/C18H23NO4/c1-5-8-21-13(4)18(20)19-17(12(2)3)14-6-7-15-16(11-14)23-10-9-22-15/h1,6-7,11-13,17H,8-10H2,2-4H3,(H,19,20). The zero-order valence-corrected chi connectivity index (χ0v) is 13.8. The summed E-state index contributed by atoms with van der Waals surface area (Å²) in [6.07, 6.45) is 4.56. The van der Waals surface area contributed by atoms with E-state index in [2.05, 4.69) is 25.1 Å². The largest absolute Gasteiger partial charge is 0.486 e. The summed E-state index contributed by atoms with van der Waals surface area (Å²) in [6.45, 7) is 7.00. The molecule has 0 radical (unpaired) electrons. The van der Waals surface area contributed by atoms with Gasteiger partial charge in [0, 0.05) is 0 Å². The predicted octanol–water partition coefficient (Wildman–Crippen LogP) is 2.31. The smallest absolute Gasteiger partial charge is 0.249 e. The predicted molar refractivity (Wildman–Crippen MR) is 87.4 cm³/mol. The van der Waals surface area contributed by atoms with Gasteiger partial charge in [0.2, 0.25) is 5.91 Å². The molecule has 2 unspecified atom stereocenters. The fraction of sp³-hybridized carbons (Fsp3) is 0.500. The molecule has 0 bridgehead atoms. The molecule has 5 nitrogen and oxygen atoms in total. The summed E-state index contributed by atoms with van der Waals surface area (Å²) >= 11 is 0. The van der Waals surface area contributed by atoms with Crippen molar-refractivity contribution < 1.29 is 19.0 Å². The van der Waals surface area contributed by atoms with E-state index in [4.69, 9.17) is 20.6 Å². The summed E-state index contributed by atoms with van der Waals surface area (Å²) in [5, 5.41) is 3.02.